The van der Waals surface area contributed by atoms with Crippen LogP contribution in [0.4, 0.5) is 0 Å². The van der Waals surface area contributed by atoms with Crippen LogP contribution in [0, 0.1) is 45.3 Å². The highest BCUT2D eigenvalue weighted by atomic mass is 16.4. The maximum absolute atomic E-state index is 11.6. The molecule has 0 radical (unpaired) electrons. The van der Waals surface area contributed by atoms with Crippen molar-refractivity contribution in [3.05, 3.63) is 12.2 Å². The molecular formula is C30H50O5. The number of hydrogen-bond acceptors (Lipinski definition) is 4. The predicted molar refractivity (Wildman–Crippen MR) is 138 cm³/mol. The SMILES string of the molecule is C=C(CO)[C@@H]1CC[C@@H]2[C@]3(CC[C@]4(C)[C@@H]([C@H](C)CC[C@H](O)C(C)(C)O)CC[C@@]24C)C[C@]13CCC(=O)O. The topological polar surface area (TPSA) is 98.0 Å². The van der Waals surface area contributed by atoms with E-state index in [9.17, 15) is 25.2 Å². The van der Waals surface area contributed by atoms with Crippen molar-refractivity contribution in [2.75, 3.05) is 6.61 Å². The molecule has 0 saturated heterocycles. The summed E-state index contributed by atoms with van der Waals surface area (Å²) in [6.45, 7) is 15.0. The normalized spacial score (nSPS) is 44.1. The number of rotatable bonds is 10. The lowest BCUT2D eigenvalue weighted by molar-refractivity contribution is -0.139. The monoisotopic (exact) mass is 490 g/mol. The van der Waals surface area contributed by atoms with Gasteiger partial charge in [-0.2, -0.15) is 0 Å². The molecule has 200 valence electrons. The number of carboxylic acids is 1. The molecule has 0 heterocycles. The second-order valence-electron chi connectivity index (χ2n) is 14.1. The van der Waals surface area contributed by atoms with Crippen molar-refractivity contribution in [3.8, 4) is 0 Å². The van der Waals surface area contributed by atoms with Crippen molar-refractivity contribution < 1.29 is 25.2 Å². The summed E-state index contributed by atoms with van der Waals surface area (Å²) >= 11 is 0. The third-order valence-corrected chi connectivity index (χ3v) is 12.4. The Morgan fingerprint density at radius 2 is 1.77 bits per heavy atom. The van der Waals surface area contributed by atoms with Gasteiger partial charge in [-0.05, 0) is 129 Å². The van der Waals surface area contributed by atoms with Gasteiger partial charge in [0.05, 0.1) is 18.3 Å². The molecule has 4 N–H and O–H groups in total. The predicted octanol–water partition coefficient (Wildman–Crippen LogP) is 5.57. The molecule has 4 saturated carbocycles. The van der Waals surface area contributed by atoms with E-state index in [1.807, 2.05) is 0 Å². The molecule has 0 unspecified atom stereocenters. The van der Waals surface area contributed by atoms with Gasteiger partial charge in [0, 0.05) is 6.42 Å². The fourth-order valence-corrected chi connectivity index (χ4v) is 10.2. The summed E-state index contributed by atoms with van der Waals surface area (Å²) in [4.78, 5) is 11.6. The number of carboxylic acid groups (broad SMARTS) is 1. The smallest absolute Gasteiger partial charge is 0.303 e. The van der Waals surface area contributed by atoms with Crippen LogP contribution in [0.25, 0.3) is 0 Å². The lowest BCUT2D eigenvalue weighted by atomic mass is 9.43. The second-order valence-corrected chi connectivity index (χ2v) is 14.1. The number of aliphatic hydroxyl groups is 3. The largest absolute Gasteiger partial charge is 0.481 e. The first-order valence-electron chi connectivity index (χ1n) is 14.1. The van der Waals surface area contributed by atoms with E-state index in [0.717, 1.165) is 37.7 Å². The maximum atomic E-state index is 11.6. The van der Waals surface area contributed by atoms with E-state index in [2.05, 4.69) is 27.4 Å². The molecule has 4 aliphatic rings. The molecule has 0 aromatic heterocycles. The van der Waals surface area contributed by atoms with E-state index in [0.29, 0.717) is 30.6 Å². The molecule has 35 heavy (non-hydrogen) atoms. The van der Waals surface area contributed by atoms with E-state index >= 15 is 0 Å². The highest BCUT2D eigenvalue weighted by molar-refractivity contribution is 5.67. The van der Waals surface area contributed by atoms with Crippen LogP contribution in [0.3, 0.4) is 0 Å². The van der Waals surface area contributed by atoms with Gasteiger partial charge in [-0.1, -0.05) is 27.4 Å². The summed E-state index contributed by atoms with van der Waals surface area (Å²) in [5, 5.41) is 40.0. The molecular weight excluding hydrogens is 440 g/mol. The summed E-state index contributed by atoms with van der Waals surface area (Å²) in [7, 11) is 0. The standard InChI is InChI=1S/C30H50O5/c1-19(7-10-24(32)26(3,4)35)21-11-13-28(6)23-9-8-22(20(2)17-31)29(14-12-25(33)34)18-30(23,29)16-15-27(21,28)5/h19,21-24,31-32,35H,2,7-18H2,1,3-6H3,(H,33,34)/t19-,21-,22+,23+,24+,27-,28+,29-,30+/m1/s1. The second kappa shape index (κ2) is 8.84. The van der Waals surface area contributed by atoms with Crippen molar-refractivity contribution in [2.45, 2.75) is 117 Å². The Bertz CT molecular complexity index is 846. The van der Waals surface area contributed by atoms with Crippen molar-refractivity contribution in [2.24, 2.45) is 45.3 Å². The first-order valence-corrected chi connectivity index (χ1v) is 14.1. The first-order chi connectivity index (χ1) is 16.2. The molecule has 5 nitrogen and oxygen atoms in total. The zero-order chi connectivity index (χ0) is 26.0. The minimum Gasteiger partial charge on any atom is -0.481 e. The van der Waals surface area contributed by atoms with Gasteiger partial charge in [0.1, 0.15) is 0 Å². The van der Waals surface area contributed by atoms with Gasteiger partial charge in [-0.3, -0.25) is 4.79 Å². The van der Waals surface area contributed by atoms with E-state index in [1.165, 1.54) is 19.3 Å². The molecule has 1 spiro atoms. The van der Waals surface area contributed by atoms with E-state index < -0.39 is 17.7 Å². The van der Waals surface area contributed by atoms with Gasteiger partial charge in [0.15, 0.2) is 0 Å². The first kappa shape index (κ1) is 27.1. The molecule has 0 aliphatic heterocycles. The van der Waals surface area contributed by atoms with Crippen molar-refractivity contribution in [1.82, 2.24) is 0 Å². The Morgan fingerprint density at radius 1 is 1.09 bits per heavy atom. The number of fused-ring (bicyclic) bond motifs is 2. The highest BCUT2D eigenvalue weighted by Gasteiger charge is 2.80. The molecule has 9 atom stereocenters. The molecule has 5 heteroatoms. The van der Waals surface area contributed by atoms with Crippen LogP contribution < -0.4 is 0 Å². The quantitative estimate of drug-likeness (QED) is 0.300. The number of hydrogen-bond donors (Lipinski definition) is 4. The fourth-order valence-electron chi connectivity index (χ4n) is 10.2. The van der Waals surface area contributed by atoms with E-state index in [-0.39, 0.29) is 40.6 Å². The summed E-state index contributed by atoms with van der Waals surface area (Å²) in [5.41, 5.74) is 0.520. The minimum absolute atomic E-state index is 0.00101. The molecule has 4 rings (SSSR count). The fraction of sp³-hybridized carbons (Fsp3) is 0.900. The molecule has 0 aromatic carbocycles. The number of aliphatic hydroxyl groups excluding tert-OH is 2. The van der Waals surface area contributed by atoms with Crippen LogP contribution in [0.5, 0.6) is 0 Å². The summed E-state index contributed by atoms with van der Waals surface area (Å²) in [6, 6.07) is 0. The van der Waals surface area contributed by atoms with Crippen LogP contribution in [0.1, 0.15) is 105 Å². The van der Waals surface area contributed by atoms with Crippen molar-refractivity contribution in [1.29, 1.82) is 0 Å². The van der Waals surface area contributed by atoms with Crippen LogP contribution in [-0.2, 0) is 4.79 Å². The van der Waals surface area contributed by atoms with Crippen molar-refractivity contribution in [3.63, 3.8) is 0 Å². The Morgan fingerprint density at radius 3 is 2.37 bits per heavy atom. The molecule has 4 aliphatic carbocycles. The zero-order valence-electron chi connectivity index (χ0n) is 22.8. The molecule has 0 bridgehead atoms. The summed E-state index contributed by atoms with van der Waals surface area (Å²) < 4.78 is 0. The average molecular weight is 491 g/mol. The van der Waals surface area contributed by atoms with Gasteiger partial charge >= 0.3 is 5.97 Å². The van der Waals surface area contributed by atoms with Crippen molar-refractivity contribution >= 4 is 5.97 Å². The van der Waals surface area contributed by atoms with E-state index in [4.69, 9.17) is 0 Å². The highest BCUT2D eigenvalue weighted by Crippen LogP contribution is 2.87. The van der Waals surface area contributed by atoms with Gasteiger partial charge in [-0.25, -0.2) is 0 Å². The molecule has 0 aromatic rings. The minimum atomic E-state index is -1.06. The van der Waals surface area contributed by atoms with E-state index in [1.54, 1.807) is 13.8 Å². The third-order valence-electron chi connectivity index (χ3n) is 12.4. The van der Waals surface area contributed by atoms with Crippen LogP contribution in [0.15, 0.2) is 12.2 Å². The zero-order valence-corrected chi connectivity index (χ0v) is 22.8. The maximum Gasteiger partial charge on any atom is 0.303 e. The Balaban J connectivity index is 1.57. The van der Waals surface area contributed by atoms with Gasteiger partial charge in [0.25, 0.3) is 0 Å². The van der Waals surface area contributed by atoms with Crippen LogP contribution in [0.2, 0.25) is 0 Å². The van der Waals surface area contributed by atoms with Gasteiger partial charge in [-0.15, -0.1) is 0 Å². The third kappa shape index (κ3) is 3.94. The molecule has 0 amide bonds. The molecule has 4 fully saturated rings. The van der Waals surface area contributed by atoms with Gasteiger partial charge in [0.2, 0.25) is 0 Å². The Kier molecular flexibility index (Phi) is 6.85. The van der Waals surface area contributed by atoms with Gasteiger partial charge < -0.3 is 20.4 Å². The Hall–Kier alpha value is -0.910. The lowest BCUT2D eigenvalue weighted by Crippen LogP contribution is -2.54. The number of aliphatic carboxylic acids is 1. The summed E-state index contributed by atoms with van der Waals surface area (Å²) in [6.07, 6.45) is 9.84. The van der Waals surface area contributed by atoms with Crippen LogP contribution >= 0.6 is 0 Å². The lowest BCUT2D eigenvalue weighted by Gasteiger charge is -2.61. The Labute approximate surface area is 212 Å². The summed E-state index contributed by atoms with van der Waals surface area (Å²) in [5.74, 6) is 1.23. The number of carbonyl (C=O) groups is 1. The van der Waals surface area contributed by atoms with Crippen LogP contribution in [-0.4, -0.2) is 44.7 Å². The average Bonchev–Trinajstić information content (AvgIpc) is 3.38.